The summed E-state index contributed by atoms with van der Waals surface area (Å²) in [6.45, 7) is 4.27. The molecule has 0 saturated heterocycles. The summed E-state index contributed by atoms with van der Waals surface area (Å²) in [5.74, 6) is 0. The van der Waals surface area contributed by atoms with Crippen molar-refractivity contribution in [2.45, 2.75) is 13.8 Å². The zero-order valence-electron chi connectivity index (χ0n) is 29.1. The number of para-hydroxylation sites is 2. The van der Waals surface area contributed by atoms with Crippen molar-refractivity contribution < 1.29 is 0 Å². The summed E-state index contributed by atoms with van der Waals surface area (Å²) in [6, 6.07) is 55.9. The van der Waals surface area contributed by atoms with Gasteiger partial charge in [-0.05, 0) is 120 Å². The molecule has 0 N–H and O–H groups in total. The average Bonchev–Trinajstić information content (AvgIpc) is 3.69. The predicted octanol–water partition coefficient (Wildman–Crippen LogP) is 12.3. The normalized spacial score (nSPS) is 11.6. The number of fused-ring (bicyclic) bond motifs is 7. The van der Waals surface area contributed by atoms with Crippen LogP contribution in [0.3, 0.4) is 0 Å². The Morgan fingerprint density at radius 3 is 1.49 bits per heavy atom. The van der Waals surface area contributed by atoms with Gasteiger partial charge >= 0.3 is 0 Å². The van der Waals surface area contributed by atoms with E-state index >= 15 is 0 Å². The molecule has 3 aromatic heterocycles. The first kappa shape index (κ1) is 31.0. The molecule has 5 heteroatoms. The molecule has 4 nitrogen and oxygen atoms in total. The van der Waals surface area contributed by atoms with Crippen molar-refractivity contribution in [3.05, 3.63) is 178 Å². The van der Waals surface area contributed by atoms with Gasteiger partial charge in [-0.1, -0.05) is 95.3 Å². The Morgan fingerprint density at radius 1 is 0.509 bits per heavy atom. The molecular weight excluding hydrogens is 667 g/mol. The first-order valence-corrected chi connectivity index (χ1v) is 18.5. The van der Waals surface area contributed by atoms with Crippen LogP contribution < -0.4 is 4.74 Å². The van der Waals surface area contributed by atoms with Crippen LogP contribution in [0.25, 0.3) is 87.3 Å². The highest BCUT2D eigenvalue weighted by Gasteiger charge is 2.17. The molecule has 10 aromatic rings. The molecule has 0 amide bonds. The number of hydrogen-bond acceptors (Lipinski definition) is 3. The summed E-state index contributed by atoms with van der Waals surface area (Å²) in [5, 5.41) is 15.5. The summed E-state index contributed by atoms with van der Waals surface area (Å²) in [4.78, 5) is 12.8. The zero-order valence-corrected chi connectivity index (χ0v) is 29.9. The summed E-state index contributed by atoms with van der Waals surface area (Å²) >= 11 is 1.13. The lowest BCUT2D eigenvalue weighted by Gasteiger charge is -2.15. The van der Waals surface area contributed by atoms with Crippen LogP contribution in [0.5, 0.6) is 0 Å². The second kappa shape index (κ2) is 11.9. The van der Waals surface area contributed by atoms with Crippen LogP contribution >= 0.6 is 11.3 Å². The van der Waals surface area contributed by atoms with Crippen molar-refractivity contribution in [3.63, 3.8) is 0 Å². The Kier molecular flexibility index (Phi) is 6.98. The minimum atomic E-state index is -0.221. The summed E-state index contributed by atoms with van der Waals surface area (Å²) in [7, 11) is 0. The third-order valence-electron chi connectivity index (χ3n) is 10.5. The molecule has 0 unspecified atom stereocenters. The lowest BCUT2D eigenvalue weighted by molar-refractivity contribution is 1.18. The molecule has 3 heterocycles. The van der Waals surface area contributed by atoms with Gasteiger partial charge in [-0.15, -0.1) is 0 Å². The number of benzene rings is 7. The quantitative estimate of drug-likeness (QED) is 0.184. The Balaban J connectivity index is 1.13. The van der Waals surface area contributed by atoms with E-state index in [1.165, 1.54) is 54.7 Å². The highest BCUT2D eigenvalue weighted by atomic mass is 32.1. The Labute approximate surface area is 309 Å². The number of aryl methyl sites for hydroxylation is 2. The van der Waals surface area contributed by atoms with Gasteiger partial charge in [-0.3, -0.25) is 4.79 Å². The van der Waals surface area contributed by atoms with Crippen molar-refractivity contribution >= 4 is 65.0 Å². The molecule has 250 valence electrons. The minimum absolute atomic E-state index is 0.170. The van der Waals surface area contributed by atoms with E-state index in [-0.39, 0.29) is 10.3 Å². The maximum Gasteiger partial charge on any atom is 0.250 e. The van der Waals surface area contributed by atoms with E-state index < -0.39 is 0 Å². The van der Waals surface area contributed by atoms with Crippen molar-refractivity contribution in [2.75, 3.05) is 0 Å². The molecule has 0 aliphatic heterocycles. The largest absolute Gasteiger partial charge is 0.309 e. The van der Waals surface area contributed by atoms with Crippen molar-refractivity contribution in [3.8, 4) is 39.7 Å². The van der Waals surface area contributed by atoms with E-state index in [0.29, 0.717) is 0 Å². The maximum atomic E-state index is 12.8. The Bertz CT molecular complexity index is 3210. The van der Waals surface area contributed by atoms with Crippen molar-refractivity contribution in [1.82, 2.24) is 9.13 Å². The molecule has 10 rings (SSSR count). The first-order chi connectivity index (χ1) is 25.9. The fourth-order valence-electron chi connectivity index (χ4n) is 8.03. The fourth-order valence-corrected chi connectivity index (χ4v) is 8.86. The van der Waals surface area contributed by atoms with E-state index in [9.17, 15) is 10.1 Å². The summed E-state index contributed by atoms with van der Waals surface area (Å²) < 4.78 is 5.30. The monoisotopic (exact) mass is 697 g/mol. The number of rotatable bonds is 4. The molecule has 0 bridgehead atoms. The smallest absolute Gasteiger partial charge is 0.250 e. The van der Waals surface area contributed by atoms with E-state index in [0.717, 1.165) is 55.1 Å². The fraction of sp³-hybridized carbons (Fsp3) is 0.0417. The van der Waals surface area contributed by atoms with Gasteiger partial charge in [-0.2, -0.15) is 5.26 Å². The van der Waals surface area contributed by atoms with Crippen LogP contribution in [0.4, 0.5) is 0 Å². The van der Waals surface area contributed by atoms with E-state index in [1.54, 1.807) is 6.07 Å². The molecule has 53 heavy (non-hydrogen) atoms. The SMILES string of the molecule is Cc1ccc2c(c1)c1ccccc1n2-c1ccc(-c2cc3cc(C#N)c(=O)sc3cc2-c2ccc(-n3c4ccccc4c4cc(C)ccc43)cc2)cc1. The highest BCUT2D eigenvalue weighted by Crippen LogP contribution is 2.40. The van der Waals surface area contributed by atoms with Gasteiger partial charge in [-0.25, -0.2) is 0 Å². The second-order valence-electron chi connectivity index (χ2n) is 13.8. The van der Waals surface area contributed by atoms with E-state index in [4.69, 9.17) is 0 Å². The lowest BCUT2D eigenvalue weighted by atomic mass is 9.93. The number of nitrogens with zero attached hydrogens (tertiary/aromatic N) is 3. The average molecular weight is 698 g/mol. The maximum absolute atomic E-state index is 12.8. The number of aromatic nitrogens is 2. The third-order valence-corrected chi connectivity index (χ3v) is 11.5. The minimum Gasteiger partial charge on any atom is -0.309 e. The number of nitriles is 1. The highest BCUT2D eigenvalue weighted by molar-refractivity contribution is 7.16. The zero-order chi connectivity index (χ0) is 35.8. The van der Waals surface area contributed by atoms with E-state index in [1.807, 2.05) is 0 Å². The van der Waals surface area contributed by atoms with E-state index in [2.05, 4.69) is 175 Å². The first-order valence-electron chi connectivity index (χ1n) is 17.7. The third kappa shape index (κ3) is 4.92. The van der Waals surface area contributed by atoms with Crippen LogP contribution in [0.1, 0.15) is 16.7 Å². The van der Waals surface area contributed by atoms with Gasteiger partial charge in [0.1, 0.15) is 11.6 Å². The van der Waals surface area contributed by atoms with Crippen LogP contribution in [-0.2, 0) is 0 Å². The summed E-state index contributed by atoms with van der Waals surface area (Å²) in [6.07, 6.45) is 0. The molecule has 0 radical (unpaired) electrons. The second-order valence-corrected chi connectivity index (χ2v) is 14.8. The molecular formula is C48H31N3OS. The van der Waals surface area contributed by atoms with Gasteiger partial charge < -0.3 is 9.13 Å². The van der Waals surface area contributed by atoms with Crippen LogP contribution in [0, 0.1) is 25.2 Å². The van der Waals surface area contributed by atoms with Crippen LogP contribution in [0.15, 0.2) is 156 Å². The van der Waals surface area contributed by atoms with Gasteiger partial charge in [0.25, 0.3) is 4.74 Å². The van der Waals surface area contributed by atoms with Gasteiger partial charge in [0.15, 0.2) is 0 Å². The molecule has 0 aliphatic carbocycles. The lowest BCUT2D eigenvalue weighted by Crippen LogP contribution is -1.99. The molecule has 0 spiro atoms. The van der Waals surface area contributed by atoms with Gasteiger partial charge in [0.2, 0.25) is 0 Å². The Hall–Kier alpha value is -6.74. The van der Waals surface area contributed by atoms with Crippen LogP contribution in [-0.4, -0.2) is 9.13 Å². The van der Waals surface area contributed by atoms with Gasteiger partial charge in [0.05, 0.1) is 22.1 Å². The Morgan fingerprint density at radius 2 is 0.981 bits per heavy atom. The molecule has 0 atom stereocenters. The standard InChI is InChI=1S/C48H31N3OS/c1-29-11-21-45-41(23-29)37-7-3-5-9-43(37)50(45)35-17-13-31(14-18-35)39-26-33-25-34(28-49)48(52)53-47(33)27-40(39)32-15-19-36(20-16-32)51-44-10-6-4-8-38(44)42-24-30(2)12-22-46(42)51/h3-27H,1-2H3. The topological polar surface area (TPSA) is 50.7 Å². The van der Waals surface area contributed by atoms with Crippen LogP contribution in [0.2, 0.25) is 0 Å². The molecule has 0 aliphatic rings. The van der Waals surface area contributed by atoms with Crippen molar-refractivity contribution in [1.29, 1.82) is 5.26 Å². The summed E-state index contributed by atoms with van der Waals surface area (Å²) in [5.41, 5.74) is 13.7. The van der Waals surface area contributed by atoms with Crippen molar-refractivity contribution in [2.24, 2.45) is 0 Å². The number of hydrogen-bond donors (Lipinski definition) is 0. The molecule has 7 aromatic carbocycles. The van der Waals surface area contributed by atoms with Gasteiger partial charge in [0, 0.05) is 37.6 Å². The molecule has 0 saturated carbocycles. The predicted molar refractivity (Wildman–Crippen MR) is 222 cm³/mol. The molecule has 0 fully saturated rings.